The minimum atomic E-state index is 0.0886. The number of aliphatic hydroxyl groups excluding tert-OH is 2. The van der Waals surface area contributed by atoms with E-state index in [1.165, 1.54) is 5.56 Å². The second-order valence-electron chi connectivity index (χ2n) is 18.3. The third kappa shape index (κ3) is 11.1. The molecular weight excluding hydrogens is 919 g/mol. The highest BCUT2D eigenvalue weighted by atomic mass is 16.5. The van der Waals surface area contributed by atoms with Crippen molar-refractivity contribution in [2.45, 2.75) is 46.1 Å². The van der Waals surface area contributed by atoms with Crippen LogP contribution in [0, 0.1) is 0 Å². The summed E-state index contributed by atoms with van der Waals surface area (Å²) in [5, 5.41) is 21.8. The number of anilines is 6. The molecule has 0 radical (unpaired) electrons. The summed E-state index contributed by atoms with van der Waals surface area (Å²) in [4.78, 5) is 4.59. The van der Waals surface area contributed by atoms with E-state index < -0.39 is 0 Å². The average Bonchev–Trinajstić information content (AvgIpc) is 4.19. The molecule has 74 heavy (non-hydrogen) atoms. The number of hydrogen-bond donors (Lipinski definition) is 2. The minimum Gasteiger partial charge on any atom is -0.396 e. The van der Waals surface area contributed by atoms with Gasteiger partial charge in [0, 0.05) is 75.7 Å². The third-order valence-electron chi connectivity index (χ3n) is 13.3. The van der Waals surface area contributed by atoms with Crippen molar-refractivity contribution in [2.24, 2.45) is 0 Å². The Kier molecular flexibility index (Phi) is 15.2. The van der Waals surface area contributed by atoms with Crippen molar-refractivity contribution < 1.29 is 28.8 Å². The number of hydrogen-bond acceptors (Lipinski definition) is 6. The summed E-state index contributed by atoms with van der Waals surface area (Å²) in [7, 11) is 0. The van der Waals surface area contributed by atoms with Crippen LogP contribution >= 0.6 is 0 Å². The summed E-state index contributed by atoms with van der Waals surface area (Å²) in [5.74, 6) is 0. The van der Waals surface area contributed by atoms with Crippen LogP contribution in [0.1, 0.15) is 33.4 Å². The van der Waals surface area contributed by atoms with E-state index in [4.69, 9.17) is 9.47 Å². The molecule has 0 saturated heterocycles. The molecule has 2 N–H and O–H groups in total. The van der Waals surface area contributed by atoms with E-state index in [9.17, 15) is 10.2 Å². The average molecular weight is 980 g/mol. The predicted molar refractivity (Wildman–Crippen MR) is 298 cm³/mol. The van der Waals surface area contributed by atoms with Gasteiger partial charge in [0.1, 0.15) is 24.8 Å². The van der Waals surface area contributed by atoms with Gasteiger partial charge < -0.3 is 34.1 Å². The lowest BCUT2D eigenvalue weighted by molar-refractivity contribution is -0.567. The largest absolute Gasteiger partial charge is 0.396 e. The zero-order valence-corrected chi connectivity index (χ0v) is 41.5. The molecule has 0 atom stereocenters. The molecular formula is C63H61N7O4+2. The van der Waals surface area contributed by atoms with Crippen LogP contribution in [0.5, 0.6) is 0 Å². The van der Waals surface area contributed by atoms with E-state index in [0.29, 0.717) is 46.1 Å². The zero-order chi connectivity index (χ0) is 50.8. The highest BCUT2D eigenvalue weighted by Crippen LogP contribution is 2.42. The lowest BCUT2D eigenvalue weighted by Crippen LogP contribution is -2.21. The van der Waals surface area contributed by atoms with Crippen LogP contribution in [-0.2, 0) is 55.5 Å². The maximum Gasteiger partial charge on any atom is 0.250 e. The first-order chi connectivity index (χ1) is 36.4. The first-order valence-corrected chi connectivity index (χ1v) is 24.9. The maximum absolute atomic E-state index is 9.77. The predicted octanol–water partition coefficient (Wildman–Crippen LogP) is 12.2. The van der Waals surface area contributed by atoms with E-state index in [1.807, 2.05) is 61.8 Å². The van der Waals surface area contributed by atoms with E-state index in [2.05, 4.69) is 192 Å². The van der Waals surface area contributed by atoms with Crippen molar-refractivity contribution >= 4 is 74.4 Å². The highest BCUT2D eigenvalue weighted by molar-refractivity contribution is 6.11. The van der Waals surface area contributed by atoms with Crippen molar-refractivity contribution in [2.75, 3.05) is 23.0 Å². The lowest BCUT2D eigenvalue weighted by atomic mass is 10.1. The van der Waals surface area contributed by atoms with Gasteiger partial charge in [-0.3, -0.25) is 0 Å². The van der Waals surface area contributed by atoms with Crippen LogP contribution < -0.4 is 18.9 Å². The van der Waals surface area contributed by atoms with Crippen LogP contribution in [0.2, 0.25) is 0 Å². The van der Waals surface area contributed by atoms with Crippen LogP contribution in [0.3, 0.4) is 0 Å². The summed E-state index contributed by atoms with van der Waals surface area (Å²) in [6.07, 6.45) is 18.2. The summed E-state index contributed by atoms with van der Waals surface area (Å²) in [6.45, 7) is 14.3. The number of aromatic nitrogens is 5. The van der Waals surface area contributed by atoms with E-state index in [-0.39, 0.29) is 13.2 Å². The Morgan fingerprint density at radius 2 is 0.838 bits per heavy atom. The summed E-state index contributed by atoms with van der Waals surface area (Å²) in [5.41, 5.74) is 14.8. The highest BCUT2D eigenvalue weighted by Gasteiger charge is 2.20. The molecule has 0 fully saturated rings. The van der Waals surface area contributed by atoms with E-state index in [0.717, 1.165) is 83.7 Å². The number of aliphatic hydroxyl groups is 2. The molecule has 3 heterocycles. The molecule has 0 aliphatic carbocycles. The van der Waals surface area contributed by atoms with Gasteiger partial charge in [-0.1, -0.05) is 98.6 Å². The molecule has 7 aromatic carbocycles. The molecule has 370 valence electrons. The molecule has 0 spiro atoms. The Balaban J connectivity index is 1.05. The van der Waals surface area contributed by atoms with E-state index in [1.54, 1.807) is 12.4 Å². The molecule has 0 saturated carbocycles. The fourth-order valence-electron chi connectivity index (χ4n) is 9.46. The SMILES string of the molecule is C=Cc1ccc(Cn2c3ccc(N(c4ccc(CCO)cc4)c4ccc(COCn5cc[n+](C=C)c5)cc4)cc3c3cc(N(c4ccc(CCO)cc4)c4ccc(COCn5cc[n+](C=C)c5)cc4)ccc32)cc1. The Bertz CT molecular complexity index is 3290. The molecule has 10 rings (SSSR count). The molecule has 0 unspecified atom stereocenters. The number of imidazole rings is 2. The van der Waals surface area contributed by atoms with Gasteiger partial charge in [-0.15, -0.1) is 0 Å². The maximum atomic E-state index is 9.77. The standard InChI is InChI=1S/C63H61N7O4/c1-4-48-7-9-51(10-8-48)41-68-62-29-27-58(69(54-19-11-49(12-20-54)31-37-71)56-23-15-52(16-24-56)42-73-46-66-35-33-64(5-2)44-66)39-60(62)61-40-59(28-30-63(61)68)70(55-21-13-50(14-22-55)32-38-72)57-25-17-53(18-26-57)43-74-47-67-36-34-65(6-3)45-67/h4-30,33-36,39-40,44-45,71-72H,1-3,31-32,37-38,41-43,46-47H2/q+2. The van der Waals surface area contributed by atoms with Crippen LogP contribution in [0.4, 0.5) is 34.1 Å². The first-order valence-electron chi connectivity index (χ1n) is 24.9. The number of rotatable bonds is 23. The Morgan fingerprint density at radius 3 is 1.20 bits per heavy atom. The number of ether oxygens (including phenoxy) is 2. The monoisotopic (exact) mass is 979 g/mol. The Labute approximate surface area is 432 Å². The van der Waals surface area contributed by atoms with Crippen LogP contribution in [-0.4, -0.2) is 37.1 Å². The van der Waals surface area contributed by atoms with Gasteiger partial charge >= 0.3 is 0 Å². The molecule has 3 aromatic heterocycles. The molecule has 0 amide bonds. The molecule has 0 aliphatic rings. The van der Waals surface area contributed by atoms with Crippen molar-refractivity contribution in [1.29, 1.82) is 0 Å². The molecule has 11 nitrogen and oxygen atoms in total. The second-order valence-corrected chi connectivity index (χ2v) is 18.3. The van der Waals surface area contributed by atoms with Gasteiger partial charge in [0.25, 0.3) is 0 Å². The van der Waals surface area contributed by atoms with Crippen molar-refractivity contribution in [3.63, 3.8) is 0 Å². The topological polar surface area (TPSA) is 87.9 Å². The quantitative estimate of drug-likeness (QED) is 0.0621. The van der Waals surface area contributed by atoms with Gasteiger partial charge in [0.05, 0.1) is 25.6 Å². The summed E-state index contributed by atoms with van der Waals surface area (Å²) in [6, 6.07) is 56.2. The number of fused-ring (bicyclic) bond motifs is 3. The Hall–Kier alpha value is -8.58. The minimum absolute atomic E-state index is 0.0886. The molecule has 11 heteroatoms. The summed E-state index contributed by atoms with van der Waals surface area (Å²) >= 11 is 0. The Morgan fingerprint density at radius 1 is 0.459 bits per heavy atom. The fraction of sp³-hybridized carbons (Fsp3) is 0.143. The van der Waals surface area contributed by atoms with Gasteiger partial charge in [-0.05, 0) is 131 Å². The first kappa shape index (κ1) is 49.0. The zero-order valence-electron chi connectivity index (χ0n) is 41.5. The van der Waals surface area contributed by atoms with Gasteiger partial charge in [-0.25, -0.2) is 18.3 Å². The fourth-order valence-corrected chi connectivity index (χ4v) is 9.46. The lowest BCUT2D eigenvalue weighted by Gasteiger charge is -2.26. The third-order valence-corrected chi connectivity index (χ3v) is 13.3. The normalized spacial score (nSPS) is 11.3. The van der Waals surface area contributed by atoms with Crippen LogP contribution in [0.15, 0.2) is 215 Å². The van der Waals surface area contributed by atoms with Crippen LogP contribution in [0.25, 0.3) is 40.3 Å². The van der Waals surface area contributed by atoms with Gasteiger partial charge in [-0.2, -0.15) is 0 Å². The van der Waals surface area contributed by atoms with Gasteiger partial charge in [0.15, 0.2) is 13.5 Å². The summed E-state index contributed by atoms with van der Waals surface area (Å²) < 4.78 is 22.3. The molecule has 0 aliphatic heterocycles. The smallest absolute Gasteiger partial charge is 0.250 e. The molecule has 0 bridgehead atoms. The van der Waals surface area contributed by atoms with Crippen molar-refractivity contribution in [3.05, 3.63) is 248 Å². The number of nitrogens with zero attached hydrogens (tertiary/aromatic N) is 7. The van der Waals surface area contributed by atoms with Gasteiger partial charge in [0.2, 0.25) is 12.7 Å². The number of benzene rings is 7. The molecule has 10 aromatic rings. The van der Waals surface area contributed by atoms with E-state index >= 15 is 0 Å². The van der Waals surface area contributed by atoms with Crippen molar-refractivity contribution in [3.8, 4) is 0 Å². The second kappa shape index (κ2) is 22.9. The van der Waals surface area contributed by atoms with Crippen molar-refractivity contribution in [1.82, 2.24) is 13.7 Å².